The Bertz CT molecular complexity index is 560. The molecule has 1 aromatic rings. The molecule has 0 radical (unpaired) electrons. The Balaban J connectivity index is 2.28. The predicted octanol–water partition coefficient (Wildman–Crippen LogP) is 2.77. The topological polar surface area (TPSA) is 62.5 Å². The van der Waals surface area contributed by atoms with E-state index >= 15 is 0 Å². The molecule has 5 nitrogen and oxygen atoms in total. The molecule has 0 spiro atoms. The molecular weight excluding hydrogens is 268 g/mol. The molecule has 2 heterocycles. The second-order valence-corrected chi connectivity index (χ2v) is 6.14. The van der Waals surface area contributed by atoms with Crippen molar-refractivity contribution in [3.05, 3.63) is 23.0 Å². The number of rotatable bonds is 4. The number of amides is 1. The van der Waals surface area contributed by atoms with Crippen molar-refractivity contribution in [2.75, 3.05) is 6.54 Å². The van der Waals surface area contributed by atoms with E-state index in [4.69, 9.17) is 5.11 Å². The summed E-state index contributed by atoms with van der Waals surface area (Å²) in [6, 6.07) is 2.06. The number of likely N-dealkylation sites (tertiary alicyclic amines) is 1. The first-order valence-corrected chi connectivity index (χ1v) is 7.54. The van der Waals surface area contributed by atoms with Crippen molar-refractivity contribution in [3.8, 4) is 0 Å². The van der Waals surface area contributed by atoms with Gasteiger partial charge in [0, 0.05) is 30.0 Å². The molecule has 21 heavy (non-hydrogen) atoms. The van der Waals surface area contributed by atoms with Crippen molar-refractivity contribution >= 4 is 11.9 Å². The zero-order valence-corrected chi connectivity index (χ0v) is 13.2. The van der Waals surface area contributed by atoms with Crippen LogP contribution in [0.2, 0.25) is 0 Å². The summed E-state index contributed by atoms with van der Waals surface area (Å²) in [6.07, 6.45) is 1.70. The van der Waals surface area contributed by atoms with Gasteiger partial charge in [0.1, 0.15) is 0 Å². The fourth-order valence-electron chi connectivity index (χ4n) is 3.46. The van der Waals surface area contributed by atoms with Gasteiger partial charge in [0.2, 0.25) is 0 Å². The minimum absolute atomic E-state index is 0.0289. The maximum absolute atomic E-state index is 12.8. The van der Waals surface area contributed by atoms with Crippen molar-refractivity contribution in [3.63, 3.8) is 0 Å². The van der Waals surface area contributed by atoms with E-state index in [-0.39, 0.29) is 18.4 Å². The van der Waals surface area contributed by atoms with E-state index in [1.807, 2.05) is 19.9 Å². The molecular formula is C16H24N2O3. The standard InChI is InChI=1S/C16H24N2O3/c1-10(2)18-11(3)8-14(12(18)4)16(21)17-7-5-6-13(17)9-15(19)20/h8,10,13H,5-7,9H2,1-4H3,(H,19,20). The number of carbonyl (C=O) groups excluding carboxylic acids is 1. The van der Waals surface area contributed by atoms with Gasteiger partial charge < -0.3 is 14.6 Å². The summed E-state index contributed by atoms with van der Waals surface area (Å²) >= 11 is 0. The number of hydrogen-bond acceptors (Lipinski definition) is 2. The molecule has 1 N–H and O–H groups in total. The molecule has 1 aliphatic rings. The van der Waals surface area contributed by atoms with Gasteiger partial charge in [0.15, 0.2) is 0 Å². The zero-order chi connectivity index (χ0) is 15.7. The minimum Gasteiger partial charge on any atom is -0.481 e. The normalized spacial score (nSPS) is 18.5. The highest BCUT2D eigenvalue weighted by Gasteiger charge is 2.32. The summed E-state index contributed by atoms with van der Waals surface area (Å²) in [5.41, 5.74) is 2.74. The van der Waals surface area contributed by atoms with E-state index in [9.17, 15) is 9.59 Å². The van der Waals surface area contributed by atoms with Gasteiger partial charge in [-0.05, 0) is 46.6 Å². The highest BCUT2D eigenvalue weighted by atomic mass is 16.4. The van der Waals surface area contributed by atoms with Gasteiger partial charge in [0.25, 0.3) is 5.91 Å². The van der Waals surface area contributed by atoms with Crippen LogP contribution in [0.25, 0.3) is 0 Å². The SMILES string of the molecule is Cc1cc(C(=O)N2CCCC2CC(=O)O)c(C)n1C(C)C. The first-order chi connectivity index (χ1) is 9.82. The number of carbonyl (C=O) groups is 2. The first kappa shape index (κ1) is 15.6. The quantitative estimate of drug-likeness (QED) is 0.928. The molecule has 1 saturated heterocycles. The Morgan fingerprint density at radius 1 is 1.38 bits per heavy atom. The summed E-state index contributed by atoms with van der Waals surface area (Å²) in [5.74, 6) is -0.869. The molecule has 0 aliphatic carbocycles. The lowest BCUT2D eigenvalue weighted by molar-refractivity contribution is -0.137. The smallest absolute Gasteiger partial charge is 0.305 e. The van der Waals surface area contributed by atoms with E-state index in [1.165, 1.54) is 0 Å². The number of aliphatic carboxylic acids is 1. The van der Waals surface area contributed by atoms with Gasteiger partial charge in [-0.3, -0.25) is 9.59 Å². The van der Waals surface area contributed by atoms with Crippen LogP contribution in [0.3, 0.4) is 0 Å². The average Bonchev–Trinajstić information content (AvgIpc) is 2.92. The molecule has 1 aliphatic heterocycles. The summed E-state index contributed by atoms with van der Waals surface area (Å²) < 4.78 is 2.15. The van der Waals surface area contributed by atoms with Crippen LogP contribution < -0.4 is 0 Å². The van der Waals surface area contributed by atoms with E-state index in [0.29, 0.717) is 18.2 Å². The maximum Gasteiger partial charge on any atom is 0.305 e. The summed E-state index contributed by atoms with van der Waals surface area (Å²) in [4.78, 5) is 25.4. The molecule has 116 valence electrons. The van der Waals surface area contributed by atoms with Crippen LogP contribution >= 0.6 is 0 Å². The van der Waals surface area contributed by atoms with Crippen molar-refractivity contribution in [1.29, 1.82) is 0 Å². The third-order valence-corrected chi connectivity index (χ3v) is 4.28. The van der Waals surface area contributed by atoms with E-state index in [0.717, 1.165) is 24.2 Å². The maximum atomic E-state index is 12.8. The molecule has 2 rings (SSSR count). The number of aromatic nitrogens is 1. The van der Waals surface area contributed by atoms with Crippen molar-refractivity contribution in [2.45, 2.75) is 59.0 Å². The van der Waals surface area contributed by atoms with Crippen LogP contribution in [0.1, 0.15) is 60.9 Å². The van der Waals surface area contributed by atoms with E-state index < -0.39 is 5.97 Å². The highest BCUT2D eigenvalue weighted by Crippen LogP contribution is 2.26. The van der Waals surface area contributed by atoms with Crippen LogP contribution in [-0.2, 0) is 4.79 Å². The molecule has 0 saturated carbocycles. The molecule has 1 fully saturated rings. The van der Waals surface area contributed by atoms with Crippen LogP contribution in [0.5, 0.6) is 0 Å². The second-order valence-electron chi connectivity index (χ2n) is 6.14. The Labute approximate surface area is 125 Å². The molecule has 1 unspecified atom stereocenters. The fraction of sp³-hybridized carbons (Fsp3) is 0.625. The van der Waals surface area contributed by atoms with Crippen molar-refractivity contribution in [2.24, 2.45) is 0 Å². The monoisotopic (exact) mass is 292 g/mol. The highest BCUT2D eigenvalue weighted by molar-refractivity contribution is 5.96. The lowest BCUT2D eigenvalue weighted by Gasteiger charge is -2.23. The third kappa shape index (κ3) is 2.96. The molecule has 1 atom stereocenters. The van der Waals surface area contributed by atoms with Crippen molar-refractivity contribution in [1.82, 2.24) is 9.47 Å². The number of carboxylic acids is 1. The lowest BCUT2D eigenvalue weighted by Crippen LogP contribution is -2.37. The van der Waals surface area contributed by atoms with Crippen molar-refractivity contribution < 1.29 is 14.7 Å². The third-order valence-electron chi connectivity index (χ3n) is 4.28. The predicted molar refractivity (Wildman–Crippen MR) is 80.6 cm³/mol. The summed E-state index contributed by atoms with van der Waals surface area (Å²) in [5, 5.41) is 8.98. The first-order valence-electron chi connectivity index (χ1n) is 7.54. The lowest BCUT2D eigenvalue weighted by atomic mass is 10.1. The Morgan fingerprint density at radius 3 is 2.57 bits per heavy atom. The molecule has 0 bridgehead atoms. The second kappa shape index (κ2) is 5.92. The van der Waals surface area contributed by atoms with Gasteiger partial charge in [0.05, 0.1) is 12.0 Å². The van der Waals surface area contributed by atoms with Crippen LogP contribution in [0.15, 0.2) is 6.07 Å². The number of hydrogen-bond donors (Lipinski definition) is 1. The van der Waals surface area contributed by atoms with Gasteiger partial charge in [-0.15, -0.1) is 0 Å². The number of aryl methyl sites for hydroxylation is 1. The average molecular weight is 292 g/mol. The molecule has 1 aromatic heterocycles. The largest absolute Gasteiger partial charge is 0.481 e. The zero-order valence-electron chi connectivity index (χ0n) is 13.2. The van der Waals surface area contributed by atoms with Crippen LogP contribution in [-0.4, -0.2) is 39.0 Å². The van der Waals surface area contributed by atoms with Gasteiger partial charge in [-0.1, -0.05) is 0 Å². The Morgan fingerprint density at radius 2 is 2.05 bits per heavy atom. The Hall–Kier alpha value is -1.78. The summed E-state index contributed by atoms with van der Waals surface area (Å²) in [7, 11) is 0. The minimum atomic E-state index is -0.840. The fourth-order valence-corrected chi connectivity index (χ4v) is 3.46. The molecule has 0 aromatic carbocycles. The number of nitrogens with zero attached hydrogens (tertiary/aromatic N) is 2. The van der Waals surface area contributed by atoms with Gasteiger partial charge in [-0.25, -0.2) is 0 Å². The molecule has 1 amide bonds. The van der Waals surface area contributed by atoms with Crippen LogP contribution in [0, 0.1) is 13.8 Å². The van der Waals surface area contributed by atoms with Gasteiger partial charge >= 0.3 is 5.97 Å². The summed E-state index contributed by atoms with van der Waals surface area (Å²) in [6.45, 7) is 8.81. The molecule has 5 heteroatoms. The van der Waals surface area contributed by atoms with E-state index in [2.05, 4.69) is 18.4 Å². The van der Waals surface area contributed by atoms with E-state index in [1.54, 1.807) is 4.90 Å². The Kier molecular flexibility index (Phi) is 4.40. The number of carboxylic acid groups (broad SMARTS) is 1. The van der Waals surface area contributed by atoms with Gasteiger partial charge in [-0.2, -0.15) is 0 Å². The van der Waals surface area contributed by atoms with Crippen LogP contribution in [0.4, 0.5) is 0 Å².